The number of nitrogens with one attached hydrogen (secondary N) is 1. The summed E-state index contributed by atoms with van der Waals surface area (Å²) >= 11 is 3.36. The van der Waals surface area contributed by atoms with Gasteiger partial charge in [-0.3, -0.25) is 4.79 Å². The maximum Gasteiger partial charge on any atom is 0.255 e. The van der Waals surface area contributed by atoms with E-state index in [0.717, 1.165) is 30.2 Å². The van der Waals surface area contributed by atoms with Crippen LogP contribution < -0.4 is 5.32 Å². The normalized spacial score (nSPS) is 15.7. The molecule has 0 radical (unpaired) electrons. The Morgan fingerprint density at radius 1 is 1.07 bits per heavy atom. The van der Waals surface area contributed by atoms with Gasteiger partial charge in [0, 0.05) is 28.8 Å². The topological polar surface area (TPSA) is 66.5 Å². The van der Waals surface area contributed by atoms with E-state index in [-0.39, 0.29) is 16.8 Å². The third-order valence-electron chi connectivity index (χ3n) is 4.96. The molecule has 0 atom stereocenters. The van der Waals surface area contributed by atoms with Crippen molar-refractivity contribution in [2.45, 2.75) is 43.0 Å². The minimum atomic E-state index is -3.55. The summed E-state index contributed by atoms with van der Waals surface area (Å²) in [5.74, 6) is -0.280. The third-order valence-corrected chi connectivity index (χ3v) is 7.38. The fourth-order valence-electron chi connectivity index (χ4n) is 3.35. The molecule has 3 rings (SSSR count). The number of hydrogen-bond acceptors (Lipinski definition) is 3. The monoisotopic (exact) mass is 450 g/mol. The Labute approximate surface area is 169 Å². The lowest BCUT2D eigenvalue weighted by molar-refractivity contribution is 0.102. The van der Waals surface area contributed by atoms with Crippen molar-refractivity contribution < 1.29 is 13.2 Å². The van der Waals surface area contributed by atoms with Gasteiger partial charge >= 0.3 is 0 Å². The number of rotatable bonds is 5. The van der Waals surface area contributed by atoms with Crippen molar-refractivity contribution in [3.8, 4) is 0 Å². The number of halogens is 1. The highest BCUT2D eigenvalue weighted by molar-refractivity contribution is 9.10. The Morgan fingerprint density at radius 2 is 1.74 bits per heavy atom. The highest BCUT2D eigenvalue weighted by Crippen LogP contribution is 2.26. The van der Waals surface area contributed by atoms with Crippen molar-refractivity contribution in [3.05, 3.63) is 58.6 Å². The lowest BCUT2D eigenvalue weighted by atomic mass is 9.96. The van der Waals surface area contributed by atoms with Crippen LogP contribution in [0, 0.1) is 0 Å². The molecule has 7 heteroatoms. The van der Waals surface area contributed by atoms with Crippen LogP contribution in [-0.4, -0.2) is 31.7 Å². The van der Waals surface area contributed by atoms with Crippen LogP contribution >= 0.6 is 15.9 Å². The van der Waals surface area contributed by atoms with E-state index >= 15 is 0 Å². The molecule has 0 spiro atoms. The van der Waals surface area contributed by atoms with E-state index in [2.05, 4.69) is 21.2 Å². The summed E-state index contributed by atoms with van der Waals surface area (Å²) in [5.41, 5.74) is 1.08. The van der Waals surface area contributed by atoms with Gasteiger partial charge in [-0.1, -0.05) is 41.3 Å². The van der Waals surface area contributed by atoms with Crippen LogP contribution in [-0.2, 0) is 10.0 Å². The molecule has 1 fully saturated rings. The number of carbonyl (C=O) groups is 1. The number of carbonyl (C=O) groups excluding carboxylic acids is 1. The Bertz CT molecular complexity index is 907. The van der Waals surface area contributed by atoms with Gasteiger partial charge in [-0.15, -0.1) is 0 Å². The van der Waals surface area contributed by atoms with E-state index in [1.807, 2.05) is 12.1 Å². The van der Waals surface area contributed by atoms with Gasteiger partial charge in [-0.2, -0.15) is 4.31 Å². The maximum atomic E-state index is 12.9. The van der Waals surface area contributed by atoms with Crippen molar-refractivity contribution in [2.75, 3.05) is 12.4 Å². The zero-order valence-corrected chi connectivity index (χ0v) is 17.6. The molecule has 27 heavy (non-hydrogen) atoms. The smallest absolute Gasteiger partial charge is 0.255 e. The molecule has 2 aromatic carbocycles. The van der Waals surface area contributed by atoms with Crippen LogP contribution in [0.2, 0.25) is 0 Å². The van der Waals surface area contributed by atoms with E-state index in [1.54, 1.807) is 31.3 Å². The van der Waals surface area contributed by atoms with E-state index in [4.69, 9.17) is 0 Å². The molecule has 0 aromatic heterocycles. The van der Waals surface area contributed by atoms with Gasteiger partial charge in [0.25, 0.3) is 5.91 Å². The molecular formula is C20H23BrN2O3S. The van der Waals surface area contributed by atoms with E-state index in [0.29, 0.717) is 11.3 Å². The summed E-state index contributed by atoms with van der Waals surface area (Å²) in [6.07, 6.45) is 5.12. The number of benzene rings is 2. The number of anilines is 1. The Balaban J connectivity index is 1.73. The first-order valence-corrected chi connectivity index (χ1v) is 11.3. The number of hydrogen-bond donors (Lipinski definition) is 1. The predicted molar refractivity (Wildman–Crippen MR) is 110 cm³/mol. The van der Waals surface area contributed by atoms with Crippen LogP contribution in [0.15, 0.2) is 57.9 Å². The average molecular weight is 451 g/mol. The first-order valence-electron chi connectivity index (χ1n) is 9.03. The standard InChI is InChI=1S/C20H23BrN2O3S/c1-23(18-8-3-2-4-9-18)27(25,26)19-12-10-15(11-13-19)20(24)22-17-7-5-6-16(21)14-17/h5-7,10-14,18H,2-4,8-9H2,1H3,(H,22,24). The van der Waals surface area contributed by atoms with Crippen molar-refractivity contribution in [3.63, 3.8) is 0 Å². The quantitative estimate of drug-likeness (QED) is 0.720. The van der Waals surface area contributed by atoms with Gasteiger partial charge in [0.15, 0.2) is 0 Å². The van der Waals surface area contributed by atoms with Gasteiger partial charge in [0.1, 0.15) is 0 Å². The molecule has 1 aliphatic carbocycles. The molecule has 2 aromatic rings. The summed E-state index contributed by atoms with van der Waals surface area (Å²) in [6.45, 7) is 0. The minimum absolute atomic E-state index is 0.0586. The summed E-state index contributed by atoms with van der Waals surface area (Å²) in [5, 5.41) is 2.80. The van der Waals surface area contributed by atoms with E-state index < -0.39 is 10.0 Å². The number of amides is 1. The third kappa shape index (κ3) is 4.78. The molecule has 0 saturated heterocycles. The molecule has 0 heterocycles. The zero-order chi connectivity index (χ0) is 19.4. The van der Waals surface area contributed by atoms with Gasteiger partial charge < -0.3 is 5.32 Å². The van der Waals surface area contributed by atoms with Crippen LogP contribution in [0.4, 0.5) is 5.69 Å². The molecule has 0 aliphatic heterocycles. The summed E-state index contributed by atoms with van der Waals surface area (Å²) < 4.78 is 28.1. The van der Waals surface area contributed by atoms with Gasteiger partial charge in [0.2, 0.25) is 10.0 Å². The van der Waals surface area contributed by atoms with Crippen LogP contribution in [0.25, 0.3) is 0 Å². The minimum Gasteiger partial charge on any atom is -0.322 e. The van der Waals surface area contributed by atoms with Crippen molar-refractivity contribution in [1.82, 2.24) is 4.31 Å². The van der Waals surface area contributed by atoms with Gasteiger partial charge in [-0.25, -0.2) is 8.42 Å². The Kier molecular flexibility index (Phi) is 6.34. The fraction of sp³-hybridized carbons (Fsp3) is 0.350. The molecule has 1 saturated carbocycles. The lowest BCUT2D eigenvalue weighted by Gasteiger charge is -2.30. The highest BCUT2D eigenvalue weighted by atomic mass is 79.9. The summed E-state index contributed by atoms with van der Waals surface area (Å²) in [4.78, 5) is 12.6. The second kappa shape index (κ2) is 8.54. The summed E-state index contributed by atoms with van der Waals surface area (Å²) in [6, 6.07) is 13.5. The first-order chi connectivity index (χ1) is 12.9. The first kappa shape index (κ1) is 20.0. The lowest BCUT2D eigenvalue weighted by Crippen LogP contribution is -2.38. The van der Waals surface area contributed by atoms with Crippen molar-refractivity contribution >= 4 is 37.5 Å². The molecule has 1 amide bonds. The number of nitrogens with zero attached hydrogens (tertiary/aromatic N) is 1. The van der Waals surface area contributed by atoms with Crippen LogP contribution in [0.5, 0.6) is 0 Å². The molecule has 0 bridgehead atoms. The van der Waals surface area contributed by atoms with Crippen LogP contribution in [0.3, 0.4) is 0 Å². The molecule has 1 aliphatic rings. The molecule has 1 N–H and O–H groups in total. The molecule has 0 unspecified atom stereocenters. The molecule has 144 valence electrons. The average Bonchev–Trinajstić information content (AvgIpc) is 2.68. The van der Waals surface area contributed by atoms with E-state index in [9.17, 15) is 13.2 Å². The second-order valence-electron chi connectivity index (χ2n) is 6.80. The molecule has 5 nitrogen and oxygen atoms in total. The summed E-state index contributed by atoms with van der Waals surface area (Å²) in [7, 11) is -1.90. The second-order valence-corrected chi connectivity index (χ2v) is 9.72. The highest BCUT2D eigenvalue weighted by Gasteiger charge is 2.29. The Morgan fingerprint density at radius 3 is 2.37 bits per heavy atom. The fourth-order valence-corrected chi connectivity index (χ4v) is 5.17. The Hall–Kier alpha value is -1.70. The van der Waals surface area contributed by atoms with E-state index in [1.165, 1.54) is 22.9 Å². The molecular weight excluding hydrogens is 428 g/mol. The van der Waals surface area contributed by atoms with Gasteiger partial charge in [0.05, 0.1) is 4.90 Å². The van der Waals surface area contributed by atoms with Crippen molar-refractivity contribution in [1.29, 1.82) is 0 Å². The zero-order valence-electron chi connectivity index (χ0n) is 15.2. The maximum absolute atomic E-state index is 12.9. The van der Waals surface area contributed by atoms with Gasteiger partial charge in [-0.05, 0) is 55.3 Å². The number of sulfonamides is 1. The largest absolute Gasteiger partial charge is 0.322 e. The predicted octanol–water partition coefficient (Wildman–Crippen LogP) is 4.65. The van der Waals surface area contributed by atoms with Crippen LogP contribution in [0.1, 0.15) is 42.5 Å². The van der Waals surface area contributed by atoms with Crippen molar-refractivity contribution in [2.24, 2.45) is 0 Å². The SMILES string of the molecule is CN(C1CCCCC1)S(=O)(=O)c1ccc(C(=O)Nc2cccc(Br)c2)cc1.